The molecule has 2 aliphatic rings. The van der Waals surface area contributed by atoms with Crippen molar-refractivity contribution in [1.29, 1.82) is 0 Å². The summed E-state index contributed by atoms with van der Waals surface area (Å²) < 4.78 is 0. The first-order chi connectivity index (χ1) is 13.1. The molecule has 0 heterocycles. The van der Waals surface area contributed by atoms with Crippen LogP contribution in [0, 0.1) is 0 Å². The molecular formula is C21H26N4O2. The highest BCUT2D eigenvalue weighted by Gasteiger charge is 2.28. The first kappa shape index (κ1) is 18.9. The van der Waals surface area contributed by atoms with E-state index >= 15 is 0 Å². The van der Waals surface area contributed by atoms with E-state index in [1.807, 2.05) is 30.3 Å². The van der Waals surface area contributed by atoms with Gasteiger partial charge in [0.25, 0.3) is 5.91 Å². The second-order valence-corrected chi connectivity index (χ2v) is 6.96. The Morgan fingerprint density at radius 2 is 1.85 bits per heavy atom. The molecule has 5 N–H and O–H groups in total. The summed E-state index contributed by atoms with van der Waals surface area (Å²) in [4.78, 5) is 29.4. The monoisotopic (exact) mass is 366 g/mol. The molecule has 2 fully saturated rings. The van der Waals surface area contributed by atoms with Crippen molar-refractivity contribution in [3.05, 3.63) is 53.4 Å². The van der Waals surface area contributed by atoms with Crippen LogP contribution >= 0.6 is 0 Å². The maximum atomic E-state index is 12.6. The SMILES string of the molecule is NC=C1C(=Nc2ccccc2)CCCC1NC(=O)C(N)=C1CCCCC1=O. The van der Waals surface area contributed by atoms with Crippen LogP contribution in [0.25, 0.3) is 0 Å². The molecule has 0 spiro atoms. The summed E-state index contributed by atoms with van der Waals surface area (Å²) in [5.74, 6) is -0.413. The van der Waals surface area contributed by atoms with Crippen LogP contribution in [0.2, 0.25) is 0 Å². The summed E-state index contributed by atoms with van der Waals surface area (Å²) >= 11 is 0. The number of para-hydroxylation sites is 1. The Bertz CT molecular complexity index is 809. The molecule has 6 nitrogen and oxygen atoms in total. The number of nitrogens with zero attached hydrogens (tertiary/aromatic N) is 1. The zero-order chi connectivity index (χ0) is 19.2. The van der Waals surface area contributed by atoms with Crippen molar-refractivity contribution in [2.45, 2.75) is 51.0 Å². The van der Waals surface area contributed by atoms with E-state index in [0.717, 1.165) is 49.1 Å². The van der Waals surface area contributed by atoms with Gasteiger partial charge in [0.1, 0.15) is 5.70 Å². The van der Waals surface area contributed by atoms with Crippen LogP contribution in [-0.4, -0.2) is 23.4 Å². The molecule has 0 bridgehead atoms. The second-order valence-electron chi connectivity index (χ2n) is 6.96. The molecule has 3 rings (SSSR count). The molecule has 27 heavy (non-hydrogen) atoms. The van der Waals surface area contributed by atoms with Crippen molar-refractivity contribution in [3.8, 4) is 0 Å². The Labute approximate surface area is 159 Å². The number of nitrogens with one attached hydrogen (secondary N) is 1. The fourth-order valence-electron chi connectivity index (χ4n) is 3.65. The number of benzene rings is 1. The van der Waals surface area contributed by atoms with Crippen LogP contribution in [0.1, 0.15) is 44.9 Å². The van der Waals surface area contributed by atoms with Gasteiger partial charge in [0, 0.05) is 29.5 Å². The number of aliphatic imine (C=N–C) groups is 1. The van der Waals surface area contributed by atoms with Gasteiger partial charge in [0.2, 0.25) is 0 Å². The third-order valence-corrected chi connectivity index (χ3v) is 5.11. The van der Waals surface area contributed by atoms with Gasteiger partial charge in [0.15, 0.2) is 5.78 Å². The standard InChI is InChI=1S/C21H26N4O2/c22-13-16-17(24-14-7-2-1-3-8-14)10-6-11-18(16)25-21(27)20(23)15-9-4-5-12-19(15)26/h1-3,7-8,13,18H,4-6,9-12,22-23H2,(H,25,27). The minimum absolute atomic E-state index is 0.0153. The smallest absolute Gasteiger partial charge is 0.268 e. The van der Waals surface area contributed by atoms with E-state index in [1.54, 1.807) is 0 Å². The number of amides is 1. The van der Waals surface area contributed by atoms with Crippen LogP contribution < -0.4 is 16.8 Å². The molecule has 0 aliphatic heterocycles. The Morgan fingerprint density at radius 1 is 1.11 bits per heavy atom. The van der Waals surface area contributed by atoms with Gasteiger partial charge in [-0.2, -0.15) is 0 Å². The van der Waals surface area contributed by atoms with Crippen LogP contribution in [-0.2, 0) is 9.59 Å². The molecule has 2 saturated carbocycles. The molecule has 0 saturated heterocycles. The largest absolute Gasteiger partial charge is 0.404 e. The molecule has 1 atom stereocenters. The van der Waals surface area contributed by atoms with Gasteiger partial charge in [-0.05, 0) is 50.7 Å². The molecule has 0 aromatic heterocycles. The average molecular weight is 366 g/mol. The third-order valence-electron chi connectivity index (χ3n) is 5.11. The summed E-state index contributed by atoms with van der Waals surface area (Å²) in [5.41, 5.74) is 14.9. The first-order valence-electron chi connectivity index (χ1n) is 9.47. The molecule has 6 heteroatoms. The number of carbonyl (C=O) groups excluding carboxylic acids is 2. The first-order valence-corrected chi connectivity index (χ1v) is 9.47. The fourth-order valence-corrected chi connectivity index (χ4v) is 3.65. The van der Waals surface area contributed by atoms with Crippen molar-refractivity contribution >= 4 is 23.1 Å². The van der Waals surface area contributed by atoms with Gasteiger partial charge < -0.3 is 16.8 Å². The summed E-state index contributed by atoms with van der Waals surface area (Å²) in [6.07, 6.45) is 6.76. The lowest BCUT2D eigenvalue weighted by Crippen LogP contribution is -2.43. The van der Waals surface area contributed by atoms with E-state index in [2.05, 4.69) is 5.32 Å². The summed E-state index contributed by atoms with van der Waals surface area (Å²) in [6, 6.07) is 9.41. The van der Waals surface area contributed by atoms with Gasteiger partial charge in [-0.25, -0.2) is 0 Å². The fraction of sp³-hybridized carbons (Fsp3) is 0.381. The van der Waals surface area contributed by atoms with Gasteiger partial charge in [-0.15, -0.1) is 0 Å². The predicted octanol–water partition coefficient (Wildman–Crippen LogP) is 2.63. The van der Waals surface area contributed by atoms with Crippen LogP contribution in [0.3, 0.4) is 0 Å². The van der Waals surface area contributed by atoms with Crippen molar-refractivity contribution in [1.82, 2.24) is 5.32 Å². The summed E-state index contributed by atoms with van der Waals surface area (Å²) in [6.45, 7) is 0. The van der Waals surface area contributed by atoms with Gasteiger partial charge in [-0.1, -0.05) is 18.2 Å². The number of Topliss-reactive ketones (excluding diaryl/α,β-unsaturated/α-hetero) is 1. The quantitative estimate of drug-likeness (QED) is 0.714. The Morgan fingerprint density at radius 3 is 2.56 bits per heavy atom. The van der Waals surface area contributed by atoms with Crippen molar-refractivity contribution in [2.24, 2.45) is 16.5 Å². The topological polar surface area (TPSA) is 111 Å². The Balaban J connectivity index is 1.78. The van der Waals surface area contributed by atoms with Crippen molar-refractivity contribution in [3.63, 3.8) is 0 Å². The lowest BCUT2D eigenvalue weighted by atomic mass is 9.88. The summed E-state index contributed by atoms with van der Waals surface area (Å²) in [5, 5.41) is 2.95. The van der Waals surface area contributed by atoms with Gasteiger partial charge in [-0.3, -0.25) is 14.6 Å². The maximum absolute atomic E-state index is 12.6. The average Bonchev–Trinajstić information content (AvgIpc) is 2.69. The van der Waals surface area contributed by atoms with Crippen LogP contribution in [0.5, 0.6) is 0 Å². The highest BCUT2D eigenvalue weighted by atomic mass is 16.2. The lowest BCUT2D eigenvalue weighted by Gasteiger charge is -2.28. The number of hydrogen-bond acceptors (Lipinski definition) is 5. The van der Waals surface area contributed by atoms with E-state index in [1.165, 1.54) is 6.20 Å². The molecular weight excluding hydrogens is 340 g/mol. The molecule has 142 valence electrons. The zero-order valence-corrected chi connectivity index (χ0v) is 15.4. The summed E-state index contributed by atoms with van der Waals surface area (Å²) in [7, 11) is 0. The number of allylic oxidation sites excluding steroid dienone is 1. The Kier molecular flexibility index (Phi) is 6.06. The number of hydrogen-bond donors (Lipinski definition) is 3. The molecule has 2 aliphatic carbocycles. The lowest BCUT2D eigenvalue weighted by molar-refractivity contribution is -0.120. The predicted molar refractivity (Wildman–Crippen MR) is 106 cm³/mol. The number of rotatable bonds is 3. The molecule has 1 unspecified atom stereocenters. The van der Waals surface area contributed by atoms with E-state index in [0.29, 0.717) is 18.4 Å². The zero-order valence-electron chi connectivity index (χ0n) is 15.4. The van der Waals surface area contributed by atoms with E-state index in [-0.39, 0.29) is 17.5 Å². The minimum atomic E-state index is -0.398. The van der Waals surface area contributed by atoms with Crippen molar-refractivity contribution in [2.75, 3.05) is 0 Å². The van der Waals surface area contributed by atoms with Crippen molar-refractivity contribution < 1.29 is 9.59 Å². The molecule has 1 aromatic carbocycles. The van der Waals surface area contributed by atoms with Crippen LogP contribution in [0.4, 0.5) is 5.69 Å². The number of ketones is 1. The Hall–Kier alpha value is -2.89. The highest BCUT2D eigenvalue weighted by molar-refractivity contribution is 6.07. The van der Waals surface area contributed by atoms with Crippen LogP contribution in [0.15, 0.2) is 58.4 Å². The minimum Gasteiger partial charge on any atom is -0.404 e. The van der Waals surface area contributed by atoms with E-state index < -0.39 is 5.91 Å². The highest BCUT2D eigenvalue weighted by Crippen LogP contribution is 2.25. The van der Waals surface area contributed by atoms with E-state index in [9.17, 15) is 9.59 Å². The molecule has 1 amide bonds. The number of carbonyl (C=O) groups is 2. The maximum Gasteiger partial charge on any atom is 0.268 e. The third kappa shape index (κ3) is 4.45. The second kappa shape index (κ2) is 8.66. The number of nitrogens with two attached hydrogens (primary N) is 2. The van der Waals surface area contributed by atoms with Gasteiger partial charge in [0.05, 0.1) is 11.7 Å². The molecule has 0 radical (unpaired) electrons. The van der Waals surface area contributed by atoms with E-state index in [4.69, 9.17) is 16.5 Å². The normalized spacial score (nSPS) is 25.5. The molecule has 1 aromatic rings. The van der Waals surface area contributed by atoms with Gasteiger partial charge >= 0.3 is 0 Å².